The highest BCUT2D eigenvalue weighted by molar-refractivity contribution is 5.92. The molecule has 0 saturated carbocycles. The molecule has 10 heteroatoms. The second-order valence-electron chi connectivity index (χ2n) is 7.73. The van der Waals surface area contributed by atoms with Gasteiger partial charge in [0.15, 0.2) is 11.5 Å². The van der Waals surface area contributed by atoms with Crippen LogP contribution in [0.5, 0.6) is 0 Å². The van der Waals surface area contributed by atoms with Crippen LogP contribution in [-0.4, -0.2) is 58.6 Å². The van der Waals surface area contributed by atoms with Crippen LogP contribution in [0.1, 0.15) is 23.0 Å². The van der Waals surface area contributed by atoms with Crippen molar-refractivity contribution in [3.8, 4) is 0 Å². The van der Waals surface area contributed by atoms with Gasteiger partial charge in [0.05, 0.1) is 22.8 Å². The van der Waals surface area contributed by atoms with E-state index < -0.39 is 17.4 Å². The predicted molar refractivity (Wildman–Crippen MR) is 120 cm³/mol. The number of carbonyl (C=O) groups excluding carboxylic acids is 1. The third-order valence-electron chi connectivity index (χ3n) is 5.78. The summed E-state index contributed by atoms with van der Waals surface area (Å²) < 4.78 is 15.4. The minimum absolute atomic E-state index is 0.213. The summed E-state index contributed by atoms with van der Waals surface area (Å²) in [5, 5.41) is 2.87. The highest BCUT2D eigenvalue weighted by Crippen LogP contribution is 2.20. The molecular weight excluding hydrogens is 415 g/mol. The molecule has 168 valence electrons. The number of hydrogen-bond acceptors (Lipinski definition) is 6. The highest BCUT2D eigenvalue weighted by atomic mass is 19.1. The van der Waals surface area contributed by atoms with E-state index in [-0.39, 0.29) is 11.3 Å². The third kappa shape index (κ3) is 4.13. The standard InChI is InChI=1S/C22H25FN6O3/c1-3-29-21(31)16-5-4-14(10-18(16)26-22(29)32)13-27-6-8-28(9-7-27)15-11-17(23)19(25-12-15)20(30)24-2/h4-5,10-12H,3,6-9,13H2,1-2H3,(H,24,30)(H,26,32). The van der Waals surface area contributed by atoms with Gasteiger partial charge in [0, 0.05) is 52.4 Å². The predicted octanol–water partition coefficient (Wildman–Crippen LogP) is 0.926. The Morgan fingerprint density at radius 2 is 1.94 bits per heavy atom. The molecule has 0 atom stereocenters. The maximum Gasteiger partial charge on any atom is 0.328 e. The minimum atomic E-state index is -0.642. The summed E-state index contributed by atoms with van der Waals surface area (Å²) in [4.78, 5) is 47.2. The number of hydrogen-bond donors (Lipinski definition) is 2. The molecular formula is C22H25FN6O3. The molecule has 0 bridgehead atoms. The molecule has 0 unspecified atom stereocenters. The van der Waals surface area contributed by atoms with Gasteiger partial charge in [-0.05, 0) is 24.6 Å². The van der Waals surface area contributed by atoms with E-state index in [0.717, 1.165) is 18.7 Å². The van der Waals surface area contributed by atoms with Crippen LogP contribution < -0.4 is 21.5 Å². The molecule has 3 aromatic rings. The van der Waals surface area contributed by atoms with E-state index in [4.69, 9.17) is 0 Å². The quantitative estimate of drug-likeness (QED) is 0.612. The number of rotatable bonds is 5. The summed E-state index contributed by atoms with van der Waals surface area (Å²) in [7, 11) is 1.44. The maximum absolute atomic E-state index is 14.2. The topological polar surface area (TPSA) is 103 Å². The number of H-pyrrole nitrogens is 1. The van der Waals surface area contributed by atoms with Gasteiger partial charge < -0.3 is 15.2 Å². The minimum Gasteiger partial charge on any atom is -0.368 e. The number of aromatic nitrogens is 3. The van der Waals surface area contributed by atoms with Crippen molar-refractivity contribution < 1.29 is 9.18 Å². The van der Waals surface area contributed by atoms with E-state index >= 15 is 0 Å². The van der Waals surface area contributed by atoms with Crippen LogP contribution in [0.4, 0.5) is 10.1 Å². The zero-order chi connectivity index (χ0) is 22.8. The average molecular weight is 440 g/mol. The summed E-state index contributed by atoms with van der Waals surface area (Å²) >= 11 is 0. The number of piperazine rings is 1. The summed E-state index contributed by atoms with van der Waals surface area (Å²) in [6.07, 6.45) is 1.52. The van der Waals surface area contributed by atoms with Gasteiger partial charge in [-0.1, -0.05) is 6.07 Å². The molecule has 1 aliphatic rings. The Labute approximate surface area is 183 Å². The number of nitrogens with one attached hydrogen (secondary N) is 2. The lowest BCUT2D eigenvalue weighted by atomic mass is 10.1. The van der Waals surface area contributed by atoms with Crippen molar-refractivity contribution in [3.63, 3.8) is 0 Å². The lowest BCUT2D eigenvalue weighted by Crippen LogP contribution is -2.46. The molecule has 2 N–H and O–H groups in total. The Balaban J connectivity index is 1.43. The van der Waals surface area contributed by atoms with Crippen LogP contribution in [0.2, 0.25) is 0 Å². The Bertz CT molecular complexity index is 1280. The zero-order valence-electron chi connectivity index (χ0n) is 18.0. The largest absolute Gasteiger partial charge is 0.368 e. The number of aromatic amines is 1. The van der Waals surface area contributed by atoms with Crippen LogP contribution in [0.25, 0.3) is 10.9 Å². The van der Waals surface area contributed by atoms with Gasteiger partial charge in [-0.15, -0.1) is 0 Å². The lowest BCUT2D eigenvalue weighted by molar-refractivity contribution is 0.0953. The van der Waals surface area contributed by atoms with Crippen molar-refractivity contribution in [2.75, 3.05) is 38.1 Å². The Hall–Kier alpha value is -3.53. The summed E-state index contributed by atoms with van der Waals surface area (Å²) in [5.74, 6) is -1.19. The third-order valence-corrected chi connectivity index (χ3v) is 5.78. The van der Waals surface area contributed by atoms with Crippen molar-refractivity contribution in [1.29, 1.82) is 0 Å². The number of benzene rings is 1. The van der Waals surface area contributed by atoms with Gasteiger partial charge in [0.1, 0.15) is 0 Å². The van der Waals surface area contributed by atoms with Gasteiger partial charge in [-0.25, -0.2) is 14.2 Å². The van der Waals surface area contributed by atoms with E-state index in [2.05, 4.69) is 20.2 Å². The van der Waals surface area contributed by atoms with Crippen molar-refractivity contribution >= 4 is 22.5 Å². The van der Waals surface area contributed by atoms with Crippen LogP contribution in [0.15, 0.2) is 40.1 Å². The number of pyridine rings is 1. The second kappa shape index (κ2) is 8.91. The van der Waals surface area contributed by atoms with E-state index in [0.29, 0.717) is 42.8 Å². The normalized spacial score (nSPS) is 14.7. The number of carbonyl (C=O) groups is 1. The van der Waals surface area contributed by atoms with Crippen LogP contribution in [0.3, 0.4) is 0 Å². The number of amides is 1. The van der Waals surface area contributed by atoms with Gasteiger partial charge in [-0.2, -0.15) is 0 Å². The number of halogens is 1. The van der Waals surface area contributed by atoms with Crippen LogP contribution in [-0.2, 0) is 13.1 Å². The molecule has 9 nitrogen and oxygen atoms in total. The number of anilines is 1. The van der Waals surface area contributed by atoms with E-state index in [1.165, 1.54) is 23.9 Å². The van der Waals surface area contributed by atoms with Gasteiger partial charge in [-0.3, -0.25) is 19.1 Å². The average Bonchev–Trinajstić information content (AvgIpc) is 2.79. The van der Waals surface area contributed by atoms with Gasteiger partial charge >= 0.3 is 5.69 Å². The SMILES string of the molecule is CCn1c(=O)[nH]c2cc(CN3CCN(c4cnc(C(=O)NC)c(F)c4)CC3)ccc2c1=O. The van der Waals surface area contributed by atoms with E-state index in [1.807, 2.05) is 17.0 Å². The fourth-order valence-electron chi connectivity index (χ4n) is 4.00. The fraction of sp³-hybridized carbons (Fsp3) is 0.364. The van der Waals surface area contributed by atoms with E-state index in [1.54, 1.807) is 13.0 Å². The molecule has 0 aliphatic carbocycles. The van der Waals surface area contributed by atoms with Gasteiger partial charge in [0.25, 0.3) is 11.5 Å². The van der Waals surface area contributed by atoms with Crippen molar-refractivity contribution in [2.45, 2.75) is 20.0 Å². The smallest absolute Gasteiger partial charge is 0.328 e. The van der Waals surface area contributed by atoms with Gasteiger partial charge in [0.2, 0.25) is 0 Å². The first-order valence-electron chi connectivity index (χ1n) is 10.5. The number of nitrogens with zero attached hydrogens (tertiary/aromatic N) is 4. The fourth-order valence-corrected chi connectivity index (χ4v) is 4.00. The first-order chi connectivity index (χ1) is 15.4. The molecule has 2 aromatic heterocycles. The van der Waals surface area contributed by atoms with Crippen molar-refractivity contribution in [2.24, 2.45) is 0 Å². The molecule has 1 amide bonds. The monoisotopic (exact) mass is 440 g/mol. The molecule has 3 heterocycles. The molecule has 4 rings (SSSR count). The molecule has 0 radical (unpaired) electrons. The Kier molecular flexibility index (Phi) is 6.04. The summed E-state index contributed by atoms with van der Waals surface area (Å²) in [6.45, 7) is 5.64. The molecule has 1 saturated heterocycles. The number of fused-ring (bicyclic) bond motifs is 1. The highest BCUT2D eigenvalue weighted by Gasteiger charge is 2.20. The zero-order valence-corrected chi connectivity index (χ0v) is 18.0. The Morgan fingerprint density at radius 3 is 2.59 bits per heavy atom. The van der Waals surface area contributed by atoms with Crippen LogP contribution in [0, 0.1) is 5.82 Å². The second-order valence-corrected chi connectivity index (χ2v) is 7.73. The molecule has 1 fully saturated rings. The maximum atomic E-state index is 14.2. The molecule has 1 aliphatic heterocycles. The van der Waals surface area contributed by atoms with E-state index in [9.17, 15) is 18.8 Å². The van der Waals surface area contributed by atoms with Crippen molar-refractivity contribution in [1.82, 2.24) is 24.8 Å². The summed E-state index contributed by atoms with van der Waals surface area (Å²) in [6, 6.07) is 6.86. The first kappa shape index (κ1) is 21.7. The van der Waals surface area contributed by atoms with Crippen molar-refractivity contribution in [3.05, 3.63) is 68.4 Å². The molecule has 32 heavy (non-hydrogen) atoms. The lowest BCUT2D eigenvalue weighted by Gasteiger charge is -2.36. The summed E-state index contributed by atoms with van der Waals surface area (Å²) in [5.41, 5.74) is 1.28. The first-order valence-corrected chi connectivity index (χ1v) is 10.5. The Morgan fingerprint density at radius 1 is 1.19 bits per heavy atom. The molecule has 0 spiro atoms. The molecule has 1 aromatic carbocycles. The van der Waals surface area contributed by atoms with Crippen LogP contribution >= 0.6 is 0 Å².